The van der Waals surface area contributed by atoms with Crippen LogP contribution in [-0.2, 0) is 40.5 Å². The molecule has 54 heavy (non-hydrogen) atoms. The van der Waals surface area contributed by atoms with Crippen molar-refractivity contribution in [2.75, 3.05) is 18.2 Å². The van der Waals surface area contributed by atoms with E-state index >= 15 is 0 Å². The molecule has 0 aromatic heterocycles. The van der Waals surface area contributed by atoms with E-state index in [9.17, 15) is 57.0 Å². The summed E-state index contributed by atoms with van der Waals surface area (Å²) in [7, 11) is -18.2. The Hall–Kier alpha value is -5.60. The number of fused-ring (bicyclic) bond motifs is 1. The van der Waals surface area contributed by atoms with E-state index in [4.69, 9.17) is 10.5 Å². The molecule has 0 aliphatic rings. The predicted octanol–water partition coefficient (Wildman–Crippen LogP) is 6.01. The number of aryl methyl sites for hydroxylation is 1. The molecule has 0 radical (unpaired) electrons. The second-order valence-corrected chi connectivity index (χ2v) is 16.7. The van der Waals surface area contributed by atoms with E-state index in [1.165, 1.54) is 56.5 Å². The average Bonchev–Trinajstić information content (AvgIpc) is 3.06. The molecular weight excluding hydrogens is 797 g/mol. The highest BCUT2D eigenvalue weighted by Gasteiger charge is 2.24. The molecule has 0 heterocycles. The van der Waals surface area contributed by atoms with Crippen LogP contribution in [0.25, 0.3) is 10.8 Å². The fourth-order valence-electron chi connectivity index (χ4n) is 4.89. The SMILES string of the molecule is COc1cc(N=Nc2cc(S(=O)(=O)O)ccc2S(=O)(=O)O)c(C)cc1N=Nc1c(S(=O)(=O)O)cc2ccc(Nc3ccc(N)c(S(=O)(=O)O)c3)cc2c1O. The van der Waals surface area contributed by atoms with Gasteiger partial charge in [0, 0.05) is 22.8 Å². The number of benzene rings is 5. The highest BCUT2D eigenvalue weighted by atomic mass is 32.2. The van der Waals surface area contributed by atoms with E-state index in [0.29, 0.717) is 12.1 Å². The Balaban J connectivity index is 1.56. The lowest BCUT2D eigenvalue weighted by molar-refractivity contribution is 0.416. The standard InChI is InChI=1S/C30H26N6O14S4/c1-15-9-23(25(50-2)14-22(15)33-35-24-13-19(51(38,39)40)6-8-26(24)52(41,42)43)34-36-29-28(54(47,48)49)10-16-3-4-17(11-20(16)30(29)37)32-18-5-7-21(31)27(12-18)53(44,45)46/h3-14,32,37H,31H2,1-2H3,(H,38,39,40)(H,41,42,43)(H,44,45,46)(H,47,48,49). The molecule has 8 N–H and O–H groups in total. The van der Waals surface area contributed by atoms with Crippen molar-refractivity contribution in [3.05, 3.63) is 78.4 Å². The van der Waals surface area contributed by atoms with Crippen LogP contribution in [0.3, 0.4) is 0 Å². The van der Waals surface area contributed by atoms with Gasteiger partial charge in [0.2, 0.25) is 0 Å². The third-order valence-corrected chi connectivity index (χ3v) is 11.0. The molecule has 5 aromatic carbocycles. The van der Waals surface area contributed by atoms with Crippen molar-refractivity contribution in [2.45, 2.75) is 26.5 Å². The number of rotatable bonds is 11. The topological polar surface area (TPSA) is 334 Å². The third-order valence-electron chi connectivity index (χ3n) is 7.44. The Kier molecular flexibility index (Phi) is 10.5. The summed E-state index contributed by atoms with van der Waals surface area (Å²) in [6.07, 6.45) is 0. The number of phenols is 1. The highest BCUT2D eigenvalue weighted by molar-refractivity contribution is 7.86. The number of nitrogen functional groups attached to an aromatic ring is 1. The summed E-state index contributed by atoms with van der Waals surface area (Å²) in [6.45, 7) is 1.48. The highest BCUT2D eigenvalue weighted by Crippen LogP contribution is 2.44. The summed E-state index contributed by atoms with van der Waals surface area (Å²) in [5.74, 6) is -0.820. The van der Waals surface area contributed by atoms with Crippen LogP contribution in [0.5, 0.6) is 11.5 Å². The normalized spacial score (nSPS) is 12.9. The Bertz CT molecular complexity index is 2880. The van der Waals surface area contributed by atoms with Crippen LogP contribution in [0.1, 0.15) is 5.56 Å². The molecule has 0 bridgehead atoms. The molecule has 0 unspecified atom stereocenters. The zero-order chi connectivity index (χ0) is 40.0. The number of ether oxygens (including phenoxy) is 1. The lowest BCUT2D eigenvalue weighted by Crippen LogP contribution is -2.04. The van der Waals surface area contributed by atoms with Crippen molar-refractivity contribution < 1.29 is 61.7 Å². The first-order chi connectivity index (χ1) is 25.0. The van der Waals surface area contributed by atoms with Crippen molar-refractivity contribution in [2.24, 2.45) is 20.5 Å². The van der Waals surface area contributed by atoms with Crippen molar-refractivity contribution in [3.63, 3.8) is 0 Å². The van der Waals surface area contributed by atoms with E-state index in [0.717, 1.165) is 18.2 Å². The minimum absolute atomic E-state index is 0.00126. The third kappa shape index (κ3) is 8.61. The molecule has 0 atom stereocenters. The molecule has 0 aliphatic heterocycles. The lowest BCUT2D eigenvalue weighted by Gasteiger charge is -2.13. The second-order valence-electron chi connectivity index (χ2n) is 11.1. The van der Waals surface area contributed by atoms with E-state index in [2.05, 4.69) is 25.8 Å². The van der Waals surface area contributed by atoms with Crippen LogP contribution >= 0.6 is 0 Å². The number of phenolic OH excluding ortho intramolecular Hbond substituents is 1. The molecular formula is C30H26N6O14S4. The Morgan fingerprint density at radius 3 is 1.81 bits per heavy atom. The van der Waals surface area contributed by atoms with Gasteiger partial charge in [-0.1, -0.05) is 6.07 Å². The quantitative estimate of drug-likeness (QED) is 0.0456. The molecule has 24 heteroatoms. The summed E-state index contributed by atoms with van der Waals surface area (Å²) in [4.78, 5) is -2.94. The Morgan fingerprint density at radius 2 is 1.20 bits per heavy atom. The fourth-order valence-corrected chi connectivity index (χ4v) is 7.30. The van der Waals surface area contributed by atoms with Crippen LogP contribution < -0.4 is 15.8 Å². The van der Waals surface area contributed by atoms with Gasteiger partial charge in [-0.15, -0.1) is 15.3 Å². The van der Waals surface area contributed by atoms with Crippen LogP contribution in [0.4, 0.5) is 39.8 Å². The zero-order valence-electron chi connectivity index (χ0n) is 27.3. The van der Waals surface area contributed by atoms with Gasteiger partial charge in [0.15, 0.2) is 5.75 Å². The van der Waals surface area contributed by atoms with Crippen LogP contribution in [0.2, 0.25) is 0 Å². The molecule has 5 aromatic rings. The van der Waals surface area contributed by atoms with Crippen molar-refractivity contribution in [1.29, 1.82) is 0 Å². The average molecular weight is 823 g/mol. The van der Waals surface area contributed by atoms with Gasteiger partial charge < -0.3 is 20.9 Å². The first-order valence-electron chi connectivity index (χ1n) is 14.5. The van der Waals surface area contributed by atoms with Crippen LogP contribution in [-0.4, -0.2) is 64.1 Å². The van der Waals surface area contributed by atoms with Crippen LogP contribution in [0.15, 0.2) is 113 Å². The van der Waals surface area contributed by atoms with Crippen LogP contribution in [0, 0.1) is 6.92 Å². The maximum atomic E-state index is 12.4. The summed E-state index contributed by atoms with van der Waals surface area (Å²) in [6, 6.07) is 13.6. The van der Waals surface area contributed by atoms with Gasteiger partial charge in [0.25, 0.3) is 40.5 Å². The van der Waals surface area contributed by atoms with E-state index in [1.54, 1.807) is 0 Å². The first kappa shape index (κ1) is 39.6. The molecule has 0 amide bonds. The van der Waals surface area contributed by atoms with Crippen molar-refractivity contribution >= 4 is 91.1 Å². The molecule has 20 nitrogen and oxygen atoms in total. The van der Waals surface area contributed by atoms with E-state index in [-0.39, 0.29) is 50.5 Å². The van der Waals surface area contributed by atoms with Gasteiger partial charge >= 0.3 is 0 Å². The number of anilines is 3. The van der Waals surface area contributed by atoms with Gasteiger partial charge in [0.05, 0.1) is 23.4 Å². The molecule has 0 fully saturated rings. The number of methoxy groups -OCH3 is 1. The number of hydrogen-bond donors (Lipinski definition) is 7. The van der Waals surface area contributed by atoms with Crippen molar-refractivity contribution in [3.8, 4) is 11.5 Å². The summed E-state index contributed by atoms with van der Waals surface area (Å²) >= 11 is 0. The largest absolute Gasteiger partial charge is 0.505 e. The van der Waals surface area contributed by atoms with Gasteiger partial charge in [-0.3, -0.25) is 18.2 Å². The maximum Gasteiger partial charge on any atom is 0.296 e. The monoisotopic (exact) mass is 822 g/mol. The summed E-state index contributed by atoms with van der Waals surface area (Å²) < 4.78 is 139. The van der Waals surface area contributed by atoms with E-state index in [1.807, 2.05) is 0 Å². The number of aromatic hydroxyl groups is 1. The predicted molar refractivity (Wildman–Crippen MR) is 192 cm³/mol. The minimum Gasteiger partial charge on any atom is -0.505 e. The van der Waals surface area contributed by atoms with E-state index < -0.39 is 77.2 Å². The fraction of sp³-hybridized carbons (Fsp3) is 0.0667. The summed E-state index contributed by atoms with van der Waals surface area (Å²) in [5.41, 5.74) is 4.71. The molecule has 0 saturated carbocycles. The molecule has 5 rings (SSSR count). The van der Waals surface area contributed by atoms with Gasteiger partial charge in [-0.2, -0.15) is 38.8 Å². The number of nitrogens with one attached hydrogen (secondary N) is 1. The lowest BCUT2D eigenvalue weighted by atomic mass is 10.1. The molecule has 0 aliphatic carbocycles. The van der Waals surface area contributed by atoms with Gasteiger partial charge in [-0.25, -0.2) is 0 Å². The number of nitrogens with zero attached hydrogens (tertiary/aromatic N) is 4. The minimum atomic E-state index is -5.02. The van der Waals surface area contributed by atoms with Gasteiger partial charge in [-0.05, 0) is 78.5 Å². The smallest absolute Gasteiger partial charge is 0.296 e. The molecule has 0 spiro atoms. The van der Waals surface area contributed by atoms with Crippen molar-refractivity contribution in [1.82, 2.24) is 0 Å². The maximum absolute atomic E-state index is 12.4. The molecule has 0 saturated heterocycles. The Labute approximate surface area is 306 Å². The number of nitrogens with two attached hydrogens (primary N) is 1. The Morgan fingerprint density at radius 1 is 0.611 bits per heavy atom. The first-order valence-corrected chi connectivity index (χ1v) is 20.3. The van der Waals surface area contributed by atoms with Gasteiger partial charge in [0.1, 0.15) is 37.5 Å². The number of azo groups is 2. The number of hydrogen-bond acceptors (Lipinski definition) is 16. The zero-order valence-corrected chi connectivity index (χ0v) is 30.6. The molecule has 284 valence electrons. The second kappa shape index (κ2) is 14.3. The summed E-state index contributed by atoms with van der Waals surface area (Å²) in [5, 5.41) is 29.8.